The topological polar surface area (TPSA) is 76.9 Å². The van der Waals surface area contributed by atoms with E-state index in [2.05, 4.69) is 5.10 Å². The first-order valence-electron chi connectivity index (χ1n) is 8.82. The summed E-state index contributed by atoms with van der Waals surface area (Å²) in [6.45, 7) is 1.94. The van der Waals surface area contributed by atoms with E-state index in [0.29, 0.717) is 26.2 Å². The lowest BCUT2D eigenvalue weighted by Gasteiger charge is -2.27. The zero-order chi connectivity index (χ0) is 18.5. The van der Waals surface area contributed by atoms with Crippen LogP contribution in [0, 0.1) is 11.8 Å². The summed E-state index contributed by atoms with van der Waals surface area (Å²) in [4.78, 5) is 29.5. The summed E-state index contributed by atoms with van der Waals surface area (Å²) in [6, 6.07) is 0. The van der Waals surface area contributed by atoms with Gasteiger partial charge in [0.1, 0.15) is 5.60 Å². The molecule has 8 nitrogen and oxygen atoms in total. The fourth-order valence-electron chi connectivity index (χ4n) is 4.41. The van der Waals surface area contributed by atoms with E-state index in [9.17, 15) is 9.59 Å². The van der Waals surface area contributed by atoms with Crippen molar-refractivity contribution in [2.45, 2.75) is 18.2 Å². The standard InChI is InChI=1S/C18H24N4O4/c1-20(9-12-8-19-21(2)10-12)16(23)14-13-4-5-18(26-13)11-22(6-7-25-3)17(24)15(14)18/h4-5,8,10,13-15H,6-7,9,11H2,1-3H3/t13-,14-,15-,18-/m0/s1. The Morgan fingerprint density at radius 1 is 1.54 bits per heavy atom. The molecule has 2 amide bonds. The summed E-state index contributed by atoms with van der Waals surface area (Å²) >= 11 is 0. The molecule has 2 fully saturated rings. The van der Waals surface area contributed by atoms with Gasteiger partial charge < -0.3 is 19.3 Å². The number of carbonyl (C=O) groups is 2. The summed E-state index contributed by atoms with van der Waals surface area (Å²) in [5.74, 6) is -0.987. The molecule has 0 unspecified atom stereocenters. The van der Waals surface area contributed by atoms with Gasteiger partial charge in [-0.2, -0.15) is 5.10 Å². The van der Waals surface area contributed by atoms with Crippen LogP contribution in [0.15, 0.2) is 24.5 Å². The first-order chi connectivity index (χ1) is 12.4. The molecule has 0 radical (unpaired) electrons. The number of methoxy groups -OCH3 is 1. The summed E-state index contributed by atoms with van der Waals surface area (Å²) in [6.07, 6.45) is 7.21. The van der Waals surface area contributed by atoms with Crippen LogP contribution in [0.1, 0.15) is 5.56 Å². The van der Waals surface area contributed by atoms with Crippen molar-refractivity contribution >= 4 is 11.8 Å². The molecule has 0 N–H and O–H groups in total. The van der Waals surface area contributed by atoms with Crippen LogP contribution in [-0.4, -0.2) is 77.0 Å². The van der Waals surface area contributed by atoms with Crippen molar-refractivity contribution in [3.05, 3.63) is 30.1 Å². The maximum atomic E-state index is 13.1. The van der Waals surface area contributed by atoms with Gasteiger partial charge in [0.25, 0.3) is 0 Å². The molecule has 3 aliphatic rings. The second-order valence-electron chi connectivity index (χ2n) is 7.37. The molecule has 0 saturated carbocycles. The molecule has 140 valence electrons. The van der Waals surface area contributed by atoms with Crippen LogP contribution in [0.25, 0.3) is 0 Å². The molecule has 4 rings (SSSR count). The number of nitrogens with zero attached hydrogens (tertiary/aromatic N) is 4. The largest absolute Gasteiger partial charge is 0.383 e. The van der Waals surface area contributed by atoms with Crippen molar-refractivity contribution in [3.8, 4) is 0 Å². The van der Waals surface area contributed by atoms with Crippen molar-refractivity contribution in [3.63, 3.8) is 0 Å². The van der Waals surface area contributed by atoms with Gasteiger partial charge in [-0.25, -0.2) is 0 Å². The minimum atomic E-state index is -0.662. The third kappa shape index (κ3) is 2.55. The zero-order valence-electron chi connectivity index (χ0n) is 15.3. The van der Waals surface area contributed by atoms with E-state index < -0.39 is 17.4 Å². The van der Waals surface area contributed by atoms with E-state index in [-0.39, 0.29) is 17.9 Å². The number of aromatic nitrogens is 2. The first kappa shape index (κ1) is 17.2. The number of likely N-dealkylation sites (tertiary alicyclic amines) is 1. The summed E-state index contributed by atoms with van der Waals surface area (Å²) in [5.41, 5.74) is 0.294. The molecule has 3 aliphatic heterocycles. The average Bonchev–Trinajstić information content (AvgIpc) is 3.34. The predicted molar refractivity (Wildman–Crippen MR) is 91.9 cm³/mol. The summed E-state index contributed by atoms with van der Waals surface area (Å²) in [5, 5.41) is 4.14. The lowest BCUT2D eigenvalue weighted by atomic mass is 9.76. The first-order valence-corrected chi connectivity index (χ1v) is 8.82. The number of rotatable bonds is 6. The number of amides is 2. The smallest absolute Gasteiger partial charge is 0.230 e. The molecule has 0 aromatic carbocycles. The van der Waals surface area contributed by atoms with Gasteiger partial charge in [-0.3, -0.25) is 14.3 Å². The Morgan fingerprint density at radius 2 is 2.35 bits per heavy atom. The van der Waals surface area contributed by atoms with Crippen molar-refractivity contribution in [2.75, 3.05) is 33.9 Å². The molecule has 4 heterocycles. The van der Waals surface area contributed by atoms with Crippen molar-refractivity contribution in [2.24, 2.45) is 18.9 Å². The van der Waals surface area contributed by atoms with Gasteiger partial charge in [0, 0.05) is 46.1 Å². The van der Waals surface area contributed by atoms with E-state index in [1.165, 1.54) is 0 Å². The number of fused-ring (bicyclic) bond motifs is 1. The van der Waals surface area contributed by atoms with E-state index in [4.69, 9.17) is 9.47 Å². The van der Waals surface area contributed by atoms with Crippen LogP contribution >= 0.6 is 0 Å². The SMILES string of the molecule is COCCN1C[C@]23C=C[C@H](O2)[C@H](C(=O)N(C)Cc2cnn(C)c2)[C@H]3C1=O. The highest BCUT2D eigenvalue weighted by molar-refractivity contribution is 5.93. The number of ether oxygens (including phenoxy) is 2. The molecule has 2 bridgehead atoms. The van der Waals surface area contributed by atoms with Crippen molar-refractivity contribution in [1.82, 2.24) is 19.6 Å². The Bertz CT molecular complexity index is 760. The third-order valence-electron chi connectivity index (χ3n) is 5.58. The fraction of sp³-hybridized carbons (Fsp3) is 0.611. The number of hydrogen-bond donors (Lipinski definition) is 0. The van der Waals surface area contributed by atoms with E-state index in [1.807, 2.05) is 25.4 Å². The second-order valence-corrected chi connectivity index (χ2v) is 7.37. The van der Waals surface area contributed by atoms with E-state index in [1.54, 1.807) is 34.8 Å². The van der Waals surface area contributed by atoms with E-state index in [0.717, 1.165) is 5.56 Å². The van der Waals surface area contributed by atoms with Gasteiger partial charge >= 0.3 is 0 Å². The monoisotopic (exact) mass is 360 g/mol. The Hall–Kier alpha value is -2.19. The Kier molecular flexibility index (Phi) is 4.11. The normalized spacial score (nSPS) is 31.7. The third-order valence-corrected chi connectivity index (χ3v) is 5.58. The average molecular weight is 360 g/mol. The fourth-order valence-corrected chi connectivity index (χ4v) is 4.41. The summed E-state index contributed by atoms with van der Waals surface area (Å²) < 4.78 is 12.9. The van der Waals surface area contributed by atoms with Gasteiger partial charge in [-0.05, 0) is 0 Å². The highest BCUT2D eigenvalue weighted by Crippen LogP contribution is 2.52. The maximum absolute atomic E-state index is 13.1. The van der Waals surface area contributed by atoms with Crippen molar-refractivity contribution < 1.29 is 19.1 Å². The van der Waals surface area contributed by atoms with Gasteiger partial charge in [0.15, 0.2) is 0 Å². The molecule has 2 saturated heterocycles. The van der Waals surface area contributed by atoms with Crippen LogP contribution in [0.4, 0.5) is 0 Å². The molecule has 1 aromatic rings. The molecule has 4 atom stereocenters. The highest BCUT2D eigenvalue weighted by Gasteiger charge is 2.66. The Labute approximate surface area is 152 Å². The van der Waals surface area contributed by atoms with Crippen LogP contribution in [0.2, 0.25) is 0 Å². The number of hydrogen-bond acceptors (Lipinski definition) is 5. The van der Waals surface area contributed by atoms with Crippen molar-refractivity contribution in [1.29, 1.82) is 0 Å². The molecule has 1 aromatic heterocycles. The molecular formula is C18H24N4O4. The van der Waals surface area contributed by atoms with Gasteiger partial charge in [-0.1, -0.05) is 12.2 Å². The van der Waals surface area contributed by atoms with E-state index >= 15 is 0 Å². The van der Waals surface area contributed by atoms with Gasteiger partial charge in [-0.15, -0.1) is 0 Å². The lowest BCUT2D eigenvalue weighted by molar-refractivity contribution is -0.142. The zero-order valence-corrected chi connectivity index (χ0v) is 15.3. The van der Waals surface area contributed by atoms with Crippen LogP contribution in [0.5, 0.6) is 0 Å². The van der Waals surface area contributed by atoms with Crippen LogP contribution < -0.4 is 0 Å². The lowest BCUT2D eigenvalue weighted by Crippen LogP contribution is -2.44. The molecule has 26 heavy (non-hydrogen) atoms. The molecule has 1 spiro atoms. The minimum absolute atomic E-state index is 0.0120. The van der Waals surface area contributed by atoms with Crippen LogP contribution in [-0.2, 0) is 32.7 Å². The quantitative estimate of drug-likeness (QED) is 0.657. The number of aryl methyl sites for hydroxylation is 1. The highest BCUT2D eigenvalue weighted by atomic mass is 16.5. The van der Waals surface area contributed by atoms with Crippen LogP contribution in [0.3, 0.4) is 0 Å². The molecule has 0 aliphatic carbocycles. The second kappa shape index (κ2) is 6.21. The Balaban J connectivity index is 1.52. The minimum Gasteiger partial charge on any atom is -0.383 e. The maximum Gasteiger partial charge on any atom is 0.230 e. The number of carbonyl (C=O) groups excluding carboxylic acids is 2. The molecular weight excluding hydrogens is 336 g/mol. The summed E-state index contributed by atoms with van der Waals surface area (Å²) in [7, 11) is 5.22. The predicted octanol–water partition coefficient (Wildman–Crippen LogP) is -0.193. The van der Waals surface area contributed by atoms with Gasteiger partial charge in [0.05, 0.1) is 37.3 Å². The van der Waals surface area contributed by atoms with Gasteiger partial charge in [0.2, 0.25) is 11.8 Å². The Morgan fingerprint density at radius 3 is 3.04 bits per heavy atom. The molecule has 8 heteroatoms.